The predicted octanol–water partition coefficient (Wildman–Crippen LogP) is 7.48. The summed E-state index contributed by atoms with van der Waals surface area (Å²) < 4.78 is 29.0. The fourth-order valence-electron chi connectivity index (χ4n) is 6.90. The number of rotatable bonds is 15. The number of aromatic amines is 2. The number of carbonyl (C=O) groups is 2. The molecule has 0 fully saturated rings. The van der Waals surface area contributed by atoms with Gasteiger partial charge in [-0.25, -0.2) is 23.5 Å². The second kappa shape index (κ2) is 22.8. The van der Waals surface area contributed by atoms with Gasteiger partial charge in [0.1, 0.15) is 22.9 Å². The molecule has 6 N–H and O–H groups in total. The molecule has 0 saturated heterocycles. The fraction of sp³-hybridized carbons (Fsp3) is 0.250. The van der Waals surface area contributed by atoms with Crippen LogP contribution >= 0.6 is 0 Å². The van der Waals surface area contributed by atoms with E-state index in [4.69, 9.17) is 10.8 Å². The van der Waals surface area contributed by atoms with Crippen LogP contribution in [0.1, 0.15) is 36.8 Å². The summed E-state index contributed by atoms with van der Waals surface area (Å²) in [5, 5.41) is 14.3. The van der Waals surface area contributed by atoms with Crippen LogP contribution in [0, 0.1) is 11.6 Å². The number of unbranched alkanes of at least 4 members (excludes halogenated alkanes) is 2. The van der Waals surface area contributed by atoms with Crippen molar-refractivity contribution in [2.24, 2.45) is 5.73 Å². The zero-order valence-corrected chi connectivity index (χ0v) is 36.7. The maximum Gasteiger partial charge on any atom is 0.328 e. The highest BCUT2D eigenvalue weighted by atomic mass is 19.1. The maximum absolute atomic E-state index is 14.7. The molecule has 0 atom stereocenters. The number of carboxylic acid groups (broad SMARTS) is 1. The molecule has 17 heteroatoms. The molecule has 0 saturated carbocycles. The molecule has 0 unspecified atom stereocenters. The van der Waals surface area contributed by atoms with Crippen molar-refractivity contribution < 1.29 is 23.5 Å². The lowest BCUT2D eigenvalue weighted by Gasteiger charge is -2.08. The van der Waals surface area contributed by atoms with Crippen LogP contribution in [0.5, 0.6) is 0 Å². The summed E-state index contributed by atoms with van der Waals surface area (Å²) in [6, 6.07) is 11.1. The number of aromatic nitrogens is 8. The first-order valence-electron chi connectivity index (χ1n) is 21.0. The number of carboxylic acids is 1. The van der Waals surface area contributed by atoms with Crippen molar-refractivity contribution in [2.75, 3.05) is 54.4 Å². The third-order valence-electron chi connectivity index (χ3n) is 10.1. The molecule has 0 aliphatic rings. The Kier molecular flexibility index (Phi) is 16.6. The number of nitrogens with zero attached hydrogens (tertiary/aromatic N) is 8. The van der Waals surface area contributed by atoms with E-state index in [1.165, 1.54) is 24.6 Å². The Hall–Kier alpha value is -7.34. The Bertz CT molecular complexity index is 2920. The average Bonchev–Trinajstić information content (AvgIpc) is 3.87. The molecule has 0 spiro atoms. The van der Waals surface area contributed by atoms with Gasteiger partial charge in [-0.3, -0.25) is 24.7 Å². The molecular formula is C48H52F2N12O3. The van der Waals surface area contributed by atoms with Crippen molar-refractivity contribution in [3.05, 3.63) is 121 Å². The first-order chi connectivity index (χ1) is 31.4. The smallest absolute Gasteiger partial charge is 0.328 e. The molecule has 8 aromatic rings. The molecule has 8 rings (SSSR count). The standard InChI is InChI=1S/C24H25FN6O.C18H11FN4O2.C6H16N2/c1-31(2)11-4-3-10-27-22(32)8-7-17-19(25)14-29-24-23(17)18-12-20(28-15-21(18)30-24)16-6-5-9-26-13-16;19-13-8-22-18-17(11(13)3-4-16(24)25)12-6-14(21-9-15(12)23-18)10-2-1-5-20-7-10;1-8(2)6-4-3-5-7/h5-9,12-15H,3-4,10-11H2,1-2H3,(H,27,32)(H,29,30);1-9H,(H,22,23)(H,24,25);3-7H2,1-2H3/b8-7+;4-3+;. The van der Waals surface area contributed by atoms with Crippen LogP contribution in [0.15, 0.2) is 98.1 Å². The number of H-pyrrole nitrogens is 2. The van der Waals surface area contributed by atoms with Gasteiger partial charge in [0.2, 0.25) is 5.91 Å². The first kappa shape index (κ1) is 47.1. The quantitative estimate of drug-likeness (QED) is 0.0502. The summed E-state index contributed by atoms with van der Waals surface area (Å²) in [6.07, 6.45) is 21.6. The van der Waals surface area contributed by atoms with Gasteiger partial charge < -0.3 is 35.9 Å². The van der Waals surface area contributed by atoms with Gasteiger partial charge in [-0.1, -0.05) is 0 Å². The number of carbonyl (C=O) groups excluding carboxylic acids is 1. The summed E-state index contributed by atoms with van der Waals surface area (Å²) in [4.78, 5) is 58.9. The van der Waals surface area contributed by atoms with E-state index in [1.54, 1.807) is 43.2 Å². The van der Waals surface area contributed by atoms with Crippen molar-refractivity contribution in [2.45, 2.75) is 25.7 Å². The van der Waals surface area contributed by atoms with E-state index in [1.807, 2.05) is 44.4 Å². The highest BCUT2D eigenvalue weighted by Gasteiger charge is 2.16. The number of hydrogen-bond acceptors (Lipinski definition) is 11. The summed E-state index contributed by atoms with van der Waals surface area (Å²) in [7, 11) is 8.20. The van der Waals surface area contributed by atoms with E-state index in [0.29, 0.717) is 50.8 Å². The number of fused-ring (bicyclic) bond motifs is 6. The summed E-state index contributed by atoms with van der Waals surface area (Å²) >= 11 is 0. The lowest BCUT2D eigenvalue weighted by atomic mass is 10.1. The minimum atomic E-state index is -1.15. The lowest BCUT2D eigenvalue weighted by Crippen LogP contribution is -2.23. The van der Waals surface area contributed by atoms with Gasteiger partial charge in [0, 0.05) is 87.3 Å². The van der Waals surface area contributed by atoms with Crippen molar-refractivity contribution in [1.29, 1.82) is 0 Å². The number of nitrogens with one attached hydrogen (secondary N) is 3. The topological polar surface area (TPSA) is 208 Å². The Morgan fingerprint density at radius 2 is 1.18 bits per heavy atom. The second-order valence-electron chi connectivity index (χ2n) is 15.6. The summed E-state index contributed by atoms with van der Waals surface area (Å²) in [5.41, 5.74) is 11.3. The van der Waals surface area contributed by atoms with E-state index in [0.717, 1.165) is 85.1 Å². The SMILES string of the molecule is CN(C)CCCCN.CN(C)CCCCNC(=O)/C=C/c1c(F)cnc2[nH]c3cnc(-c4cccnc4)cc3c12.O=C(O)/C=C/c1c(F)cnc2[nH]c3cnc(-c4cccnc4)cc3c12. The number of halogens is 2. The number of aliphatic carboxylic acids is 1. The van der Waals surface area contributed by atoms with E-state index >= 15 is 0 Å². The Balaban J connectivity index is 0.000000188. The molecule has 8 heterocycles. The third-order valence-corrected chi connectivity index (χ3v) is 10.1. The van der Waals surface area contributed by atoms with Crippen LogP contribution in [0.25, 0.3) is 78.5 Å². The number of hydrogen-bond donors (Lipinski definition) is 5. The molecule has 15 nitrogen and oxygen atoms in total. The molecule has 0 radical (unpaired) electrons. The molecule has 336 valence electrons. The molecule has 0 bridgehead atoms. The van der Waals surface area contributed by atoms with Crippen molar-refractivity contribution in [3.63, 3.8) is 0 Å². The summed E-state index contributed by atoms with van der Waals surface area (Å²) in [5.74, 6) is -2.49. The van der Waals surface area contributed by atoms with Crippen LogP contribution in [0.2, 0.25) is 0 Å². The highest BCUT2D eigenvalue weighted by Crippen LogP contribution is 2.33. The lowest BCUT2D eigenvalue weighted by molar-refractivity contribution is -0.131. The number of pyridine rings is 6. The zero-order valence-electron chi connectivity index (χ0n) is 36.7. The Morgan fingerprint density at radius 3 is 1.63 bits per heavy atom. The van der Waals surface area contributed by atoms with Crippen LogP contribution < -0.4 is 11.1 Å². The Labute approximate surface area is 374 Å². The van der Waals surface area contributed by atoms with Gasteiger partial charge >= 0.3 is 5.97 Å². The van der Waals surface area contributed by atoms with Gasteiger partial charge in [0.25, 0.3) is 0 Å². The second-order valence-corrected chi connectivity index (χ2v) is 15.6. The molecule has 0 aliphatic heterocycles. The molecular weight excluding hydrogens is 831 g/mol. The van der Waals surface area contributed by atoms with E-state index in [2.05, 4.69) is 69.1 Å². The van der Waals surface area contributed by atoms with Crippen LogP contribution in [-0.4, -0.2) is 121 Å². The van der Waals surface area contributed by atoms with Crippen LogP contribution in [0.4, 0.5) is 8.78 Å². The minimum absolute atomic E-state index is 0.169. The molecule has 0 aromatic carbocycles. The average molecular weight is 883 g/mol. The van der Waals surface area contributed by atoms with Crippen molar-refractivity contribution in [1.82, 2.24) is 55.0 Å². The van der Waals surface area contributed by atoms with Gasteiger partial charge in [0.15, 0.2) is 0 Å². The van der Waals surface area contributed by atoms with Gasteiger partial charge in [-0.05, 0) is 122 Å². The predicted molar refractivity (Wildman–Crippen MR) is 253 cm³/mol. The molecule has 65 heavy (non-hydrogen) atoms. The van der Waals surface area contributed by atoms with Crippen molar-refractivity contribution >= 4 is 67.9 Å². The Morgan fingerprint density at radius 1 is 0.692 bits per heavy atom. The van der Waals surface area contributed by atoms with Gasteiger partial charge in [-0.15, -0.1) is 0 Å². The van der Waals surface area contributed by atoms with Crippen LogP contribution in [0.3, 0.4) is 0 Å². The number of amides is 1. The van der Waals surface area contributed by atoms with E-state index in [9.17, 15) is 18.4 Å². The number of nitrogens with two attached hydrogens (primary N) is 1. The molecule has 0 aliphatic carbocycles. The maximum atomic E-state index is 14.7. The van der Waals surface area contributed by atoms with E-state index in [-0.39, 0.29) is 11.5 Å². The fourth-order valence-corrected chi connectivity index (χ4v) is 6.90. The van der Waals surface area contributed by atoms with Crippen LogP contribution in [-0.2, 0) is 9.59 Å². The zero-order chi connectivity index (χ0) is 46.3. The largest absolute Gasteiger partial charge is 0.478 e. The van der Waals surface area contributed by atoms with Gasteiger partial charge in [-0.2, -0.15) is 0 Å². The minimum Gasteiger partial charge on any atom is -0.478 e. The normalized spacial score (nSPS) is 11.5. The van der Waals surface area contributed by atoms with E-state index < -0.39 is 17.6 Å². The summed E-state index contributed by atoms with van der Waals surface area (Å²) in [6.45, 7) is 3.55. The first-order valence-corrected chi connectivity index (χ1v) is 21.0. The monoisotopic (exact) mass is 882 g/mol. The molecule has 8 aromatic heterocycles. The third kappa shape index (κ3) is 12.7. The van der Waals surface area contributed by atoms with Crippen molar-refractivity contribution in [3.8, 4) is 22.5 Å². The molecule has 1 amide bonds. The highest BCUT2D eigenvalue weighted by molar-refractivity contribution is 6.12. The van der Waals surface area contributed by atoms with Gasteiger partial charge in [0.05, 0.1) is 47.2 Å².